The maximum Gasteiger partial charge on any atom is 0.243 e. The lowest BCUT2D eigenvalue weighted by Crippen LogP contribution is -2.43. The van der Waals surface area contributed by atoms with Gasteiger partial charge in [0.25, 0.3) is 0 Å². The number of amides is 1. The number of thioether (sulfide) groups is 1. The van der Waals surface area contributed by atoms with E-state index >= 15 is 0 Å². The molecule has 2 aromatic carbocycles. The van der Waals surface area contributed by atoms with Gasteiger partial charge in [-0.3, -0.25) is 4.79 Å². The molecule has 2 aliphatic carbocycles. The maximum atomic E-state index is 14.5. The number of benzene rings is 2. The third kappa shape index (κ3) is 5.87. The lowest BCUT2D eigenvalue weighted by Gasteiger charge is -2.33. The van der Waals surface area contributed by atoms with Crippen molar-refractivity contribution in [3.8, 4) is 0 Å². The van der Waals surface area contributed by atoms with Crippen molar-refractivity contribution in [3.63, 3.8) is 0 Å². The molecule has 1 atom stereocenters. The molecule has 0 spiro atoms. The molecule has 1 aromatic heterocycles. The molecule has 1 N–H and O–H groups in total. The fraction of sp³-hybridized carbons (Fsp3) is 0.500. The Hall–Kier alpha value is -1.76. The second-order valence-corrected chi connectivity index (χ2v) is 11.9. The molecule has 0 aliphatic heterocycles. The Morgan fingerprint density at radius 2 is 1.75 bits per heavy atom. The average molecular weight is 549 g/mol. The van der Waals surface area contributed by atoms with Gasteiger partial charge in [0.15, 0.2) is 0 Å². The van der Waals surface area contributed by atoms with E-state index in [2.05, 4.69) is 5.32 Å². The highest BCUT2D eigenvalue weighted by atomic mass is 35.5. The number of aromatic nitrogens is 2. The predicted molar refractivity (Wildman–Crippen MR) is 146 cm³/mol. The van der Waals surface area contributed by atoms with Crippen LogP contribution in [0.15, 0.2) is 41.3 Å². The van der Waals surface area contributed by atoms with Gasteiger partial charge in [-0.05, 0) is 68.0 Å². The van der Waals surface area contributed by atoms with E-state index in [1.165, 1.54) is 25.0 Å². The lowest BCUT2D eigenvalue weighted by atomic mass is 9.83. The molecule has 1 amide bonds. The van der Waals surface area contributed by atoms with E-state index in [4.69, 9.17) is 28.2 Å². The Bertz CT molecular complexity index is 1220. The van der Waals surface area contributed by atoms with Crippen LogP contribution in [-0.4, -0.2) is 21.5 Å². The number of imidazole rings is 1. The van der Waals surface area contributed by atoms with Crippen molar-refractivity contribution in [3.05, 3.63) is 58.1 Å². The zero-order valence-electron chi connectivity index (χ0n) is 20.3. The zero-order chi connectivity index (χ0) is 25.1. The Morgan fingerprint density at radius 1 is 1.03 bits per heavy atom. The molecular formula is C28H32Cl2FN3OS. The van der Waals surface area contributed by atoms with Gasteiger partial charge in [-0.25, -0.2) is 9.37 Å². The monoisotopic (exact) mass is 547 g/mol. The van der Waals surface area contributed by atoms with Gasteiger partial charge in [0.2, 0.25) is 5.91 Å². The molecule has 8 heteroatoms. The van der Waals surface area contributed by atoms with Gasteiger partial charge in [-0.1, -0.05) is 61.7 Å². The number of hydrogen-bond acceptors (Lipinski definition) is 3. The summed E-state index contributed by atoms with van der Waals surface area (Å²) < 4.78 is 16.5. The molecule has 36 heavy (non-hydrogen) atoms. The van der Waals surface area contributed by atoms with Crippen molar-refractivity contribution in [2.24, 2.45) is 5.92 Å². The summed E-state index contributed by atoms with van der Waals surface area (Å²) in [5, 5.41) is 4.55. The first-order valence-electron chi connectivity index (χ1n) is 13.0. The molecular weight excluding hydrogens is 516 g/mol. The van der Waals surface area contributed by atoms with Crippen molar-refractivity contribution in [2.45, 2.75) is 86.9 Å². The van der Waals surface area contributed by atoms with Crippen molar-refractivity contribution < 1.29 is 9.18 Å². The number of rotatable bonds is 7. The van der Waals surface area contributed by atoms with Crippen LogP contribution >= 0.6 is 35.0 Å². The van der Waals surface area contributed by atoms with E-state index in [0.29, 0.717) is 26.8 Å². The minimum Gasteiger partial charge on any atom is -0.352 e. The highest BCUT2D eigenvalue weighted by molar-refractivity contribution is 7.98. The topological polar surface area (TPSA) is 46.9 Å². The standard InChI is InChI=1S/C28H32Cl2FN3OS/c29-19-11-14-25(22(30)15-19)36-17-26-33-23-13-12-20(31)16-24(23)34(26)27(18-7-3-1-4-8-18)28(35)32-21-9-5-2-6-10-21/h11-16,18,21,27H,1-10,17H2,(H,32,35). The van der Waals surface area contributed by atoms with Crippen molar-refractivity contribution >= 4 is 51.9 Å². The molecule has 0 saturated heterocycles. The van der Waals surface area contributed by atoms with Crippen molar-refractivity contribution in [1.29, 1.82) is 0 Å². The van der Waals surface area contributed by atoms with E-state index in [1.807, 2.05) is 16.7 Å². The summed E-state index contributed by atoms with van der Waals surface area (Å²) >= 11 is 14.1. The lowest BCUT2D eigenvalue weighted by molar-refractivity contribution is -0.127. The molecule has 2 saturated carbocycles. The Morgan fingerprint density at radius 3 is 2.47 bits per heavy atom. The van der Waals surface area contributed by atoms with Crippen LogP contribution in [-0.2, 0) is 10.5 Å². The van der Waals surface area contributed by atoms with Crippen molar-refractivity contribution in [1.82, 2.24) is 14.9 Å². The summed E-state index contributed by atoms with van der Waals surface area (Å²) in [6.07, 6.45) is 11.0. The summed E-state index contributed by atoms with van der Waals surface area (Å²) in [4.78, 5) is 19.7. The molecule has 2 aliphatic rings. The average Bonchev–Trinajstić information content (AvgIpc) is 3.22. The Balaban J connectivity index is 1.53. The predicted octanol–water partition coefficient (Wildman–Crippen LogP) is 8.34. The van der Waals surface area contributed by atoms with Crippen LogP contribution in [0.3, 0.4) is 0 Å². The van der Waals surface area contributed by atoms with Gasteiger partial charge < -0.3 is 9.88 Å². The number of carbonyl (C=O) groups is 1. The van der Waals surface area contributed by atoms with Crippen LogP contribution in [0.1, 0.15) is 76.1 Å². The van der Waals surface area contributed by atoms with Gasteiger partial charge in [0.05, 0.1) is 21.8 Å². The fourth-order valence-corrected chi connectivity index (χ4v) is 7.21. The molecule has 0 radical (unpaired) electrons. The summed E-state index contributed by atoms with van der Waals surface area (Å²) in [6.45, 7) is 0. The normalized spacial score (nSPS) is 18.4. The maximum absolute atomic E-state index is 14.5. The minimum atomic E-state index is -0.407. The first kappa shape index (κ1) is 25.9. The molecule has 192 valence electrons. The number of hydrogen-bond donors (Lipinski definition) is 1. The number of nitrogens with one attached hydrogen (secondary N) is 1. The number of fused-ring (bicyclic) bond motifs is 1. The Labute approximate surface area is 226 Å². The second-order valence-electron chi connectivity index (χ2n) is 10.1. The van der Waals surface area contributed by atoms with E-state index in [0.717, 1.165) is 62.1 Å². The number of carbonyl (C=O) groups excluding carboxylic acids is 1. The molecule has 1 heterocycles. The van der Waals surface area contributed by atoms with E-state index in [1.54, 1.807) is 23.9 Å². The molecule has 0 bridgehead atoms. The van der Waals surface area contributed by atoms with Crippen LogP contribution in [0.4, 0.5) is 4.39 Å². The first-order chi connectivity index (χ1) is 17.5. The quantitative estimate of drug-likeness (QED) is 0.302. The van der Waals surface area contributed by atoms with Crippen LogP contribution in [0, 0.1) is 11.7 Å². The van der Waals surface area contributed by atoms with Crippen molar-refractivity contribution in [2.75, 3.05) is 0 Å². The van der Waals surface area contributed by atoms with E-state index in [9.17, 15) is 9.18 Å². The Kier molecular flexibility index (Phi) is 8.44. The van der Waals surface area contributed by atoms with Gasteiger partial charge >= 0.3 is 0 Å². The molecule has 5 rings (SSSR count). The summed E-state index contributed by atoms with van der Waals surface area (Å²) in [7, 11) is 0. The van der Waals surface area contributed by atoms with Gasteiger partial charge in [0, 0.05) is 16.0 Å². The minimum absolute atomic E-state index is 0.0492. The van der Waals surface area contributed by atoms with Crippen LogP contribution in [0.25, 0.3) is 11.0 Å². The second kappa shape index (κ2) is 11.7. The van der Waals surface area contributed by atoms with Gasteiger partial charge in [0.1, 0.15) is 17.7 Å². The third-order valence-electron chi connectivity index (χ3n) is 7.57. The first-order valence-corrected chi connectivity index (χ1v) is 14.8. The van der Waals surface area contributed by atoms with E-state index in [-0.39, 0.29) is 23.7 Å². The SMILES string of the molecule is O=C(NC1CCCCC1)C(C1CCCCC1)n1c(CSc2ccc(Cl)cc2Cl)nc2ccc(F)cc21. The van der Waals surface area contributed by atoms with Gasteiger partial charge in [-0.2, -0.15) is 0 Å². The fourth-order valence-electron chi connectivity index (χ4n) is 5.79. The summed E-state index contributed by atoms with van der Waals surface area (Å²) in [5.41, 5.74) is 1.39. The summed E-state index contributed by atoms with van der Waals surface area (Å²) in [6, 6.07) is 9.92. The number of nitrogens with zero attached hydrogens (tertiary/aromatic N) is 2. The zero-order valence-corrected chi connectivity index (χ0v) is 22.6. The molecule has 4 nitrogen and oxygen atoms in total. The van der Waals surface area contributed by atoms with Crippen LogP contribution < -0.4 is 5.32 Å². The van der Waals surface area contributed by atoms with Crippen LogP contribution in [0.5, 0.6) is 0 Å². The smallest absolute Gasteiger partial charge is 0.243 e. The third-order valence-corrected chi connectivity index (χ3v) is 9.30. The van der Waals surface area contributed by atoms with Gasteiger partial charge in [-0.15, -0.1) is 11.8 Å². The molecule has 2 fully saturated rings. The summed E-state index contributed by atoms with van der Waals surface area (Å²) in [5.74, 6) is 1.20. The highest BCUT2D eigenvalue weighted by Crippen LogP contribution is 2.39. The van der Waals surface area contributed by atoms with E-state index < -0.39 is 6.04 Å². The molecule has 3 aromatic rings. The van der Waals surface area contributed by atoms with Crippen LogP contribution in [0.2, 0.25) is 10.0 Å². The number of halogens is 3. The molecule has 1 unspecified atom stereocenters. The largest absolute Gasteiger partial charge is 0.352 e. The highest BCUT2D eigenvalue weighted by Gasteiger charge is 2.35.